The van der Waals surface area contributed by atoms with Crippen LogP contribution in [0, 0.1) is 6.92 Å². The fourth-order valence-corrected chi connectivity index (χ4v) is 1.50. The highest BCUT2D eigenvalue weighted by atomic mass is 16.5. The molecule has 0 saturated heterocycles. The van der Waals surface area contributed by atoms with Crippen molar-refractivity contribution in [2.45, 2.75) is 13.5 Å². The van der Waals surface area contributed by atoms with Crippen LogP contribution in [0.15, 0.2) is 36.5 Å². The number of hydrogen-bond donors (Lipinski definition) is 0. The molecule has 0 fully saturated rings. The van der Waals surface area contributed by atoms with Gasteiger partial charge in [-0.25, -0.2) is 4.79 Å². The molecule has 0 aliphatic heterocycles. The summed E-state index contributed by atoms with van der Waals surface area (Å²) in [7, 11) is 1.79. The zero-order valence-corrected chi connectivity index (χ0v) is 9.88. The summed E-state index contributed by atoms with van der Waals surface area (Å²) in [5.74, 6) is -0.334. The van der Waals surface area contributed by atoms with Gasteiger partial charge in [0.15, 0.2) is 0 Å². The average molecular weight is 230 g/mol. The minimum Gasteiger partial charge on any atom is -0.457 e. The van der Waals surface area contributed by atoms with Crippen molar-refractivity contribution in [3.63, 3.8) is 0 Å². The zero-order chi connectivity index (χ0) is 12.3. The quantitative estimate of drug-likeness (QED) is 0.758. The molecule has 1 aromatic heterocycles. The van der Waals surface area contributed by atoms with Crippen LogP contribution in [0.5, 0.6) is 0 Å². The number of carbonyl (C=O) groups is 1. The highest BCUT2D eigenvalue weighted by Crippen LogP contribution is 2.09. The van der Waals surface area contributed by atoms with Crippen molar-refractivity contribution in [3.8, 4) is 0 Å². The Bertz CT molecular complexity index is 517. The van der Waals surface area contributed by atoms with E-state index in [0.717, 1.165) is 11.3 Å². The monoisotopic (exact) mass is 230 g/mol. The highest BCUT2D eigenvalue weighted by Gasteiger charge is 2.13. The Kier molecular flexibility index (Phi) is 3.23. The number of nitrogens with zero attached hydrogens (tertiary/aromatic N) is 2. The van der Waals surface area contributed by atoms with Gasteiger partial charge in [0.1, 0.15) is 12.2 Å². The van der Waals surface area contributed by atoms with Crippen molar-refractivity contribution < 1.29 is 9.53 Å². The van der Waals surface area contributed by atoms with Crippen LogP contribution in [-0.2, 0) is 18.4 Å². The number of carbonyl (C=O) groups excluding carboxylic acids is 1. The molecule has 0 saturated carbocycles. The second-order valence-corrected chi connectivity index (χ2v) is 3.83. The smallest absolute Gasteiger partial charge is 0.341 e. The summed E-state index contributed by atoms with van der Waals surface area (Å²) in [5.41, 5.74) is 2.30. The van der Waals surface area contributed by atoms with Crippen LogP contribution < -0.4 is 0 Å². The first-order chi connectivity index (χ1) is 8.18. The fraction of sp³-hybridized carbons (Fsp3) is 0.231. The molecule has 0 aliphatic rings. The van der Waals surface area contributed by atoms with Crippen molar-refractivity contribution >= 4 is 5.97 Å². The SMILES string of the molecule is Cc1c(C(=O)OCc2ccccc2)cnn1C. The van der Waals surface area contributed by atoms with Crippen molar-refractivity contribution in [3.05, 3.63) is 53.3 Å². The van der Waals surface area contributed by atoms with Crippen LogP contribution >= 0.6 is 0 Å². The van der Waals surface area contributed by atoms with Gasteiger partial charge in [-0.05, 0) is 12.5 Å². The van der Waals surface area contributed by atoms with E-state index in [2.05, 4.69) is 5.10 Å². The van der Waals surface area contributed by atoms with Crippen LogP contribution in [0.2, 0.25) is 0 Å². The van der Waals surface area contributed by atoms with Gasteiger partial charge >= 0.3 is 5.97 Å². The zero-order valence-electron chi connectivity index (χ0n) is 9.88. The Hall–Kier alpha value is -2.10. The predicted molar refractivity (Wildman–Crippen MR) is 63.5 cm³/mol. The van der Waals surface area contributed by atoms with Gasteiger partial charge in [-0.1, -0.05) is 30.3 Å². The van der Waals surface area contributed by atoms with E-state index < -0.39 is 0 Å². The Morgan fingerprint density at radius 2 is 2.06 bits per heavy atom. The number of aryl methyl sites for hydroxylation is 1. The highest BCUT2D eigenvalue weighted by molar-refractivity contribution is 5.90. The van der Waals surface area contributed by atoms with Crippen LogP contribution in [0.4, 0.5) is 0 Å². The second-order valence-electron chi connectivity index (χ2n) is 3.83. The van der Waals surface area contributed by atoms with Gasteiger partial charge in [-0.3, -0.25) is 4.68 Å². The van der Waals surface area contributed by atoms with Crippen molar-refractivity contribution in [1.82, 2.24) is 9.78 Å². The maximum Gasteiger partial charge on any atom is 0.341 e. The van der Waals surface area contributed by atoms with E-state index in [0.29, 0.717) is 5.56 Å². The number of rotatable bonds is 3. The van der Waals surface area contributed by atoms with Gasteiger partial charge in [-0.15, -0.1) is 0 Å². The fourth-order valence-electron chi connectivity index (χ4n) is 1.50. The molecule has 0 radical (unpaired) electrons. The van der Waals surface area contributed by atoms with Crippen molar-refractivity contribution in [2.75, 3.05) is 0 Å². The summed E-state index contributed by atoms with van der Waals surface area (Å²) in [5, 5.41) is 4.01. The molecule has 88 valence electrons. The van der Waals surface area contributed by atoms with Crippen LogP contribution in [0.3, 0.4) is 0 Å². The number of benzene rings is 1. The first-order valence-corrected chi connectivity index (χ1v) is 5.38. The third-order valence-electron chi connectivity index (χ3n) is 2.67. The maximum atomic E-state index is 11.8. The molecule has 0 unspecified atom stereocenters. The molecule has 2 aromatic rings. The largest absolute Gasteiger partial charge is 0.457 e. The van der Waals surface area contributed by atoms with Gasteiger partial charge in [0, 0.05) is 12.7 Å². The van der Waals surface area contributed by atoms with E-state index in [9.17, 15) is 4.79 Å². The summed E-state index contributed by atoms with van der Waals surface area (Å²) in [6.07, 6.45) is 1.53. The molecule has 17 heavy (non-hydrogen) atoms. The molecule has 0 aliphatic carbocycles. The second kappa shape index (κ2) is 4.82. The molecule has 0 N–H and O–H groups in total. The Morgan fingerprint density at radius 3 is 2.65 bits per heavy atom. The lowest BCUT2D eigenvalue weighted by Crippen LogP contribution is -2.06. The molecule has 1 heterocycles. The van der Waals surface area contributed by atoms with E-state index in [4.69, 9.17) is 4.74 Å². The Morgan fingerprint density at radius 1 is 1.35 bits per heavy atom. The summed E-state index contributed by atoms with van der Waals surface area (Å²) in [6, 6.07) is 9.60. The van der Waals surface area contributed by atoms with Crippen LogP contribution in [0.25, 0.3) is 0 Å². The van der Waals surface area contributed by atoms with Gasteiger partial charge in [0.25, 0.3) is 0 Å². The first kappa shape index (κ1) is 11.4. The van der Waals surface area contributed by atoms with Crippen molar-refractivity contribution in [2.24, 2.45) is 7.05 Å². The molecule has 1 aromatic carbocycles. The van der Waals surface area contributed by atoms with Gasteiger partial charge in [0.2, 0.25) is 0 Å². The first-order valence-electron chi connectivity index (χ1n) is 5.38. The number of hydrogen-bond acceptors (Lipinski definition) is 3. The summed E-state index contributed by atoms with van der Waals surface area (Å²) in [4.78, 5) is 11.8. The molecule has 0 atom stereocenters. The number of esters is 1. The molecule has 2 rings (SSSR count). The van der Waals surface area contributed by atoms with E-state index in [1.54, 1.807) is 11.7 Å². The Labute approximate surface area is 99.8 Å². The standard InChI is InChI=1S/C13H14N2O2/c1-10-12(8-14-15(10)2)13(16)17-9-11-6-4-3-5-7-11/h3-8H,9H2,1-2H3. The minimum atomic E-state index is -0.334. The molecule has 4 nitrogen and oxygen atoms in total. The van der Waals surface area contributed by atoms with E-state index in [-0.39, 0.29) is 12.6 Å². The lowest BCUT2D eigenvalue weighted by atomic mass is 10.2. The van der Waals surface area contributed by atoms with E-state index in [1.807, 2.05) is 37.3 Å². The van der Waals surface area contributed by atoms with E-state index >= 15 is 0 Å². The van der Waals surface area contributed by atoms with Gasteiger partial charge in [0.05, 0.1) is 6.20 Å². The minimum absolute atomic E-state index is 0.286. The van der Waals surface area contributed by atoms with E-state index in [1.165, 1.54) is 6.20 Å². The molecule has 0 bridgehead atoms. The number of aromatic nitrogens is 2. The summed E-state index contributed by atoms with van der Waals surface area (Å²) in [6.45, 7) is 2.13. The van der Waals surface area contributed by atoms with Gasteiger partial charge in [-0.2, -0.15) is 5.10 Å². The molecule has 4 heteroatoms. The average Bonchev–Trinajstić information content (AvgIpc) is 2.69. The van der Waals surface area contributed by atoms with Crippen LogP contribution in [0.1, 0.15) is 21.6 Å². The lowest BCUT2D eigenvalue weighted by molar-refractivity contribution is 0.0471. The third kappa shape index (κ3) is 2.53. The number of ether oxygens (including phenoxy) is 1. The predicted octanol–water partition coefficient (Wildman–Crippen LogP) is 2.09. The third-order valence-corrected chi connectivity index (χ3v) is 2.67. The lowest BCUT2D eigenvalue weighted by Gasteiger charge is -2.04. The van der Waals surface area contributed by atoms with Gasteiger partial charge < -0.3 is 4.74 Å². The normalized spacial score (nSPS) is 10.2. The molecular formula is C13H14N2O2. The van der Waals surface area contributed by atoms with Crippen molar-refractivity contribution in [1.29, 1.82) is 0 Å². The Balaban J connectivity index is 2.01. The topological polar surface area (TPSA) is 44.1 Å². The maximum absolute atomic E-state index is 11.8. The summed E-state index contributed by atoms with van der Waals surface area (Å²) < 4.78 is 6.87. The molecule has 0 spiro atoms. The summed E-state index contributed by atoms with van der Waals surface area (Å²) >= 11 is 0. The van der Waals surface area contributed by atoms with Crippen LogP contribution in [-0.4, -0.2) is 15.7 Å². The molecule has 0 amide bonds. The molecular weight excluding hydrogens is 216 g/mol.